The monoisotopic (exact) mass is 315 g/mol. The number of hydrogen-bond acceptors (Lipinski definition) is 4. The third-order valence-electron chi connectivity index (χ3n) is 4.65. The molecule has 5 heteroatoms. The summed E-state index contributed by atoms with van der Waals surface area (Å²) >= 11 is 0. The molecule has 5 rings (SSSR count). The molecule has 24 heavy (non-hydrogen) atoms. The smallest absolute Gasteiger partial charge is 0.141 e. The van der Waals surface area contributed by atoms with Crippen LogP contribution in [0.3, 0.4) is 0 Å². The van der Waals surface area contributed by atoms with E-state index in [2.05, 4.69) is 57.1 Å². The van der Waals surface area contributed by atoms with Gasteiger partial charge in [-0.25, -0.2) is 15.0 Å². The van der Waals surface area contributed by atoms with Crippen molar-refractivity contribution in [2.75, 3.05) is 5.32 Å². The zero-order valence-electron chi connectivity index (χ0n) is 13.5. The molecule has 2 aromatic heterocycles. The summed E-state index contributed by atoms with van der Waals surface area (Å²) < 4.78 is 2.32. The second kappa shape index (κ2) is 5.03. The molecule has 2 aromatic carbocycles. The Hall–Kier alpha value is -2.95. The lowest BCUT2D eigenvalue weighted by Gasteiger charge is -2.09. The molecule has 0 spiro atoms. The number of benzene rings is 2. The summed E-state index contributed by atoms with van der Waals surface area (Å²) in [5.41, 5.74) is 5.38. The summed E-state index contributed by atoms with van der Waals surface area (Å²) in [6.07, 6.45) is 3.84. The summed E-state index contributed by atoms with van der Waals surface area (Å²) in [5.74, 6) is 2.02. The maximum absolute atomic E-state index is 4.75. The van der Waals surface area contributed by atoms with E-state index in [-0.39, 0.29) is 0 Å². The van der Waals surface area contributed by atoms with Crippen molar-refractivity contribution in [1.29, 1.82) is 0 Å². The van der Waals surface area contributed by atoms with Crippen molar-refractivity contribution in [2.24, 2.45) is 0 Å². The van der Waals surface area contributed by atoms with Crippen molar-refractivity contribution in [2.45, 2.75) is 26.3 Å². The van der Waals surface area contributed by atoms with E-state index < -0.39 is 0 Å². The van der Waals surface area contributed by atoms with Gasteiger partial charge in [0.05, 0.1) is 16.6 Å². The zero-order valence-corrected chi connectivity index (χ0v) is 13.5. The number of imidazole rings is 1. The number of aryl methyl sites for hydroxylation is 3. The van der Waals surface area contributed by atoms with Gasteiger partial charge >= 0.3 is 0 Å². The fourth-order valence-corrected chi connectivity index (χ4v) is 3.52. The highest BCUT2D eigenvalue weighted by atomic mass is 15.1. The fraction of sp³-hybridized carbons (Fsp3) is 0.211. The third kappa shape index (κ3) is 2.05. The Labute approximate surface area is 139 Å². The van der Waals surface area contributed by atoms with Crippen LogP contribution in [0, 0.1) is 6.92 Å². The van der Waals surface area contributed by atoms with E-state index in [1.807, 2.05) is 6.07 Å². The molecule has 1 N–H and O–H groups in total. The fourth-order valence-electron chi connectivity index (χ4n) is 3.52. The van der Waals surface area contributed by atoms with Crippen LogP contribution in [0.5, 0.6) is 0 Å². The first-order valence-corrected chi connectivity index (χ1v) is 8.25. The lowest BCUT2D eigenvalue weighted by molar-refractivity contribution is 0.771. The number of rotatable bonds is 2. The van der Waals surface area contributed by atoms with Gasteiger partial charge in [-0.05, 0) is 43.2 Å². The lowest BCUT2D eigenvalue weighted by Crippen LogP contribution is -1.97. The summed E-state index contributed by atoms with van der Waals surface area (Å²) in [6.45, 7) is 3.13. The number of hydrogen-bond donors (Lipinski definition) is 1. The van der Waals surface area contributed by atoms with Crippen molar-refractivity contribution < 1.29 is 0 Å². The lowest BCUT2D eigenvalue weighted by atomic mass is 10.2. The van der Waals surface area contributed by atoms with E-state index in [4.69, 9.17) is 4.98 Å². The molecule has 1 aliphatic rings. The Balaban J connectivity index is 1.69. The molecule has 0 unspecified atom stereocenters. The third-order valence-corrected chi connectivity index (χ3v) is 4.65. The number of aromatic nitrogens is 4. The molecule has 5 nitrogen and oxygen atoms in total. The molecule has 118 valence electrons. The van der Waals surface area contributed by atoms with Crippen molar-refractivity contribution in [3.05, 3.63) is 54.1 Å². The van der Waals surface area contributed by atoms with Crippen LogP contribution in [0.1, 0.15) is 17.8 Å². The maximum atomic E-state index is 4.75. The van der Waals surface area contributed by atoms with Gasteiger partial charge in [-0.15, -0.1) is 0 Å². The normalized spacial score (nSPS) is 13.5. The van der Waals surface area contributed by atoms with E-state index >= 15 is 0 Å². The summed E-state index contributed by atoms with van der Waals surface area (Å²) in [6, 6.07) is 12.5. The van der Waals surface area contributed by atoms with Gasteiger partial charge < -0.3 is 9.88 Å². The highest BCUT2D eigenvalue weighted by molar-refractivity contribution is 5.99. The first kappa shape index (κ1) is 13.5. The molecule has 0 saturated carbocycles. The Morgan fingerprint density at radius 3 is 2.96 bits per heavy atom. The van der Waals surface area contributed by atoms with E-state index in [9.17, 15) is 0 Å². The van der Waals surface area contributed by atoms with Gasteiger partial charge in [0, 0.05) is 24.0 Å². The highest BCUT2D eigenvalue weighted by Gasteiger charge is 2.17. The molecule has 0 aliphatic carbocycles. The zero-order chi connectivity index (χ0) is 16.1. The van der Waals surface area contributed by atoms with Crippen LogP contribution < -0.4 is 5.32 Å². The molecule has 0 atom stereocenters. The topological polar surface area (TPSA) is 55.6 Å². The molecule has 0 amide bonds. The number of fused-ring (bicyclic) bond motifs is 4. The van der Waals surface area contributed by atoms with Crippen LogP contribution in [-0.4, -0.2) is 19.5 Å². The quantitative estimate of drug-likeness (QED) is 0.608. The number of nitrogens with zero attached hydrogens (tertiary/aromatic N) is 4. The minimum Gasteiger partial charge on any atom is -0.340 e. The van der Waals surface area contributed by atoms with Crippen LogP contribution in [0.25, 0.3) is 21.9 Å². The Bertz CT molecular complexity index is 1080. The van der Waals surface area contributed by atoms with Crippen LogP contribution >= 0.6 is 0 Å². The summed E-state index contributed by atoms with van der Waals surface area (Å²) in [7, 11) is 0. The average Bonchev–Trinajstić information content (AvgIpc) is 3.14. The van der Waals surface area contributed by atoms with Gasteiger partial charge in [0.25, 0.3) is 0 Å². The molecule has 1 aliphatic heterocycles. The molecule has 3 heterocycles. The second-order valence-corrected chi connectivity index (χ2v) is 6.36. The minimum absolute atomic E-state index is 0.834. The van der Waals surface area contributed by atoms with Crippen molar-refractivity contribution >= 4 is 33.4 Å². The molecule has 0 fully saturated rings. The average molecular weight is 315 g/mol. The van der Waals surface area contributed by atoms with Gasteiger partial charge in [-0.2, -0.15) is 0 Å². The Morgan fingerprint density at radius 1 is 1.08 bits per heavy atom. The van der Waals surface area contributed by atoms with Crippen LogP contribution in [0.15, 0.2) is 42.7 Å². The van der Waals surface area contributed by atoms with Crippen LogP contribution in [0.4, 0.5) is 11.5 Å². The SMILES string of the molecule is Cc1cccc(Nc2ncnc3cc4nc5n(c4cc23)CCC5)c1. The van der Waals surface area contributed by atoms with Gasteiger partial charge in [-0.3, -0.25) is 0 Å². The van der Waals surface area contributed by atoms with Crippen molar-refractivity contribution in [3.63, 3.8) is 0 Å². The minimum atomic E-state index is 0.834. The Morgan fingerprint density at radius 2 is 2.04 bits per heavy atom. The second-order valence-electron chi connectivity index (χ2n) is 6.36. The van der Waals surface area contributed by atoms with E-state index in [1.165, 1.54) is 23.3 Å². The first-order chi connectivity index (χ1) is 11.8. The van der Waals surface area contributed by atoms with E-state index in [1.54, 1.807) is 6.33 Å². The molecule has 0 bridgehead atoms. The summed E-state index contributed by atoms with van der Waals surface area (Å²) in [5, 5.41) is 4.46. The molecular formula is C19H17N5. The van der Waals surface area contributed by atoms with E-state index in [0.717, 1.165) is 40.9 Å². The van der Waals surface area contributed by atoms with Crippen molar-refractivity contribution in [3.8, 4) is 0 Å². The molecule has 0 saturated heterocycles. The van der Waals surface area contributed by atoms with Crippen LogP contribution in [-0.2, 0) is 13.0 Å². The maximum Gasteiger partial charge on any atom is 0.141 e. The summed E-state index contributed by atoms with van der Waals surface area (Å²) in [4.78, 5) is 13.6. The van der Waals surface area contributed by atoms with Gasteiger partial charge in [0.1, 0.15) is 18.0 Å². The largest absolute Gasteiger partial charge is 0.340 e. The highest BCUT2D eigenvalue weighted by Crippen LogP contribution is 2.30. The predicted octanol–water partition coefficient (Wildman–Crippen LogP) is 3.98. The number of anilines is 2. The molecule has 0 radical (unpaired) electrons. The first-order valence-electron chi connectivity index (χ1n) is 8.25. The van der Waals surface area contributed by atoms with Gasteiger partial charge in [-0.1, -0.05) is 12.1 Å². The number of nitrogens with one attached hydrogen (secondary N) is 1. The standard InChI is InChI=1S/C19H17N5/c1-12-4-2-5-13(8-12)22-19-14-9-17-16(10-15(14)20-11-21-19)23-18-6-3-7-24(17)18/h2,4-5,8-11H,3,6-7H2,1H3,(H,20,21,22). The Kier molecular flexibility index (Phi) is 2.82. The molecular weight excluding hydrogens is 298 g/mol. The molecule has 4 aromatic rings. The van der Waals surface area contributed by atoms with Gasteiger partial charge in [0.15, 0.2) is 0 Å². The predicted molar refractivity (Wildman–Crippen MR) is 95.6 cm³/mol. The van der Waals surface area contributed by atoms with Crippen LogP contribution in [0.2, 0.25) is 0 Å². The van der Waals surface area contributed by atoms with E-state index in [0.29, 0.717) is 0 Å². The van der Waals surface area contributed by atoms with Gasteiger partial charge in [0.2, 0.25) is 0 Å². The van der Waals surface area contributed by atoms with Crippen molar-refractivity contribution in [1.82, 2.24) is 19.5 Å².